The molecule has 0 spiro atoms. The molecule has 2 unspecified atom stereocenters. The van der Waals surface area contributed by atoms with Gasteiger partial charge in [0.1, 0.15) is 6.04 Å². The highest BCUT2D eigenvalue weighted by atomic mass is 35.5. The van der Waals surface area contributed by atoms with Crippen LogP contribution < -0.4 is 5.32 Å². The molecule has 5 nitrogen and oxygen atoms in total. The van der Waals surface area contributed by atoms with Gasteiger partial charge in [-0.25, -0.2) is 0 Å². The number of carboxylic acid groups (broad SMARTS) is 1. The molecule has 2 rings (SSSR count). The standard InChI is InChI=1S/C21H25ClN2O3/c1-24(2)20(16-9-6-10-17(22)14-16)21(27)23-18(11-12-19(25)26)13-15-7-4-3-5-8-15/h3-10,14,18,20H,11-13H2,1-2H3,(H,23,27)(H,25,26). The van der Waals surface area contributed by atoms with Gasteiger partial charge in [0, 0.05) is 17.5 Å². The lowest BCUT2D eigenvalue weighted by Crippen LogP contribution is -2.43. The molecule has 0 aliphatic heterocycles. The van der Waals surface area contributed by atoms with Crippen LogP contribution in [0.3, 0.4) is 0 Å². The van der Waals surface area contributed by atoms with E-state index in [-0.39, 0.29) is 18.4 Å². The summed E-state index contributed by atoms with van der Waals surface area (Å²) in [6, 6.07) is 16.2. The van der Waals surface area contributed by atoms with Crippen LogP contribution in [-0.4, -0.2) is 42.0 Å². The molecule has 6 heteroatoms. The number of carbonyl (C=O) groups excluding carboxylic acids is 1. The maximum absolute atomic E-state index is 13.0. The van der Waals surface area contributed by atoms with Gasteiger partial charge in [-0.15, -0.1) is 0 Å². The lowest BCUT2D eigenvalue weighted by molar-refractivity contribution is -0.137. The van der Waals surface area contributed by atoms with Gasteiger partial charge in [0.15, 0.2) is 0 Å². The number of rotatable bonds is 9. The average molecular weight is 389 g/mol. The first-order valence-electron chi connectivity index (χ1n) is 8.85. The van der Waals surface area contributed by atoms with Crippen LogP contribution in [0.1, 0.15) is 30.0 Å². The fraction of sp³-hybridized carbons (Fsp3) is 0.333. The summed E-state index contributed by atoms with van der Waals surface area (Å²) in [6.07, 6.45) is 0.947. The number of nitrogens with zero attached hydrogens (tertiary/aromatic N) is 1. The highest BCUT2D eigenvalue weighted by Crippen LogP contribution is 2.22. The van der Waals surface area contributed by atoms with Crippen LogP contribution in [0.5, 0.6) is 0 Å². The highest BCUT2D eigenvalue weighted by molar-refractivity contribution is 6.30. The molecule has 0 aliphatic carbocycles. The number of hydrogen-bond acceptors (Lipinski definition) is 3. The summed E-state index contributed by atoms with van der Waals surface area (Å²) < 4.78 is 0. The Kier molecular flexibility index (Phi) is 7.82. The number of carboxylic acids is 1. The molecule has 0 saturated heterocycles. The molecule has 2 aromatic rings. The van der Waals surface area contributed by atoms with Crippen LogP contribution in [0, 0.1) is 0 Å². The van der Waals surface area contributed by atoms with Crippen molar-refractivity contribution >= 4 is 23.5 Å². The minimum Gasteiger partial charge on any atom is -0.481 e. The number of nitrogens with one attached hydrogen (secondary N) is 1. The predicted molar refractivity (Wildman–Crippen MR) is 107 cm³/mol. The van der Waals surface area contributed by atoms with E-state index in [1.807, 2.05) is 61.5 Å². The Labute approximate surface area is 165 Å². The van der Waals surface area contributed by atoms with Crippen molar-refractivity contribution in [1.82, 2.24) is 10.2 Å². The molecule has 0 saturated carbocycles. The minimum atomic E-state index is -0.874. The summed E-state index contributed by atoms with van der Waals surface area (Å²) >= 11 is 6.08. The fourth-order valence-corrected chi connectivity index (χ4v) is 3.26. The number of likely N-dealkylation sites (N-methyl/N-ethyl adjacent to an activating group) is 1. The van der Waals surface area contributed by atoms with Crippen molar-refractivity contribution in [2.45, 2.75) is 31.3 Å². The SMILES string of the molecule is CN(C)C(C(=O)NC(CCC(=O)O)Cc1ccccc1)c1cccc(Cl)c1. The molecule has 0 heterocycles. The van der Waals surface area contributed by atoms with Crippen molar-refractivity contribution in [3.63, 3.8) is 0 Å². The third-order valence-corrected chi connectivity index (χ3v) is 4.54. The van der Waals surface area contributed by atoms with Crippen LogP contribution in [0.25, 0.3) is 0 Å². The van der Waals surface area contributed by atoms with E-state index in [0.29, 0.717) is 17.9 Å². The lowest BCUT2D eigenvalue weighted by Gasteiger charge is -2.27. The van der Waals surface area contributed by atoms with E-state index in [0.717, 1.165) is 11.1 Å². The molecule has 2 atom stereocenters. The van der Waals surface area contributed by atoms with E-state index in [9.17, 15) is 9.59 Å². The van der Waals surface area contributed by atoms with E-state index in [4.69, 9.17) is 16.7 Å². The molecule has 0 radical (unpaired) electrons. The molecular weight excluding hydrogens is 364 g/mol. The topological polar surface area (TPSA) is 69.6 Å². The summed E-state index contributed by atoms with van der Waals surface area (Å²) in [5.74, 6) is -1.05. The monoisotopic (exact) mass is 388 g/mol. The van der Waals surface area contributed by atoms with E-state index >= 15 is 0 Å². The first kappa shape index (κ1) is 20.9. The Morgan fingerprint density at radius 2 is 1.81 bits per heavy atom. The van der Waals surface area contributed by atoms with Crippen molar-refractivity contribution in [3.8, 4) is 0 Å². The zero-order chi connectivity index (χ0) is 19.8. The van der Waals surface area contributed by atoms with Gasteiger partial charge in [0.05, 0.1) is 0 Å². The van der Waals surface area contributed by atoms with E-state index < -0.39 is 12.0 Å². The number of hydrogen-bond donors (Lipinski definition) is 2. The largest absolute Gasteiger partial charge is 0.481 e. The summed E-state index contributed by atoms with van der Waals surface area (Å²) in [5, 5.41) is 12.6. The first-order chi connectivity index (χ1) is 12.9. The van der Waals surface area contributed by atoms with Gasteiger partial charge in [-0.2, -0.15) is 0 Å². The fourth-order valence-electron chi connectivity index (χ4n) is 3.06. The van der Waals surface area contributed by atoms with Crippen LogP contribution in [0.4, 0.5) is 0 Å². The maximum Gasteiger partial charge on any atom is 0.303 e. The van der Waals surface area contributed by atoms with Crippen LogP contribution >= 0.6 is 11.6 Å². The van der Waals surface area contributed by atoms with Gasteiger partial charge in [0.2, 0.25) is 5.91 Å². The smallest absolute Gasteiger partial charge is 0.303 e. The Bertz CT molecular complexity index is 765. The third-order valence-electron chi connectivity index (χ3n) is 4.31. The van der Waals surface area contributed by atoms with Crippen molar-refractivity contribution in [2.75, 3.05) is 14.1 Å². The highest BCUT2D eigenvalue weighted by Gasteiger charge is 2.25. The number of aliphatic carboxylic acids is 1. The van der Waals surface area contributed by atoms with Crippen LogP contribution in [0.15, 0.2) is 54.6 Å². The molecular formula is C21H25ClN2O3. The quantitative estimate of drug-likeness (QED) is 0.689. The summed E-state index contributed by atoms with van der Waals surface area (Å²) in [6.45, 7) is 0. The molecule has 0 aromatic heterocycles. The second-order valence-corrected chi connectivity index (χ2v) is 7.19. The molecule has 0 fully saturated rings. The summed E-state index contributed by atoms with van der Waals surface area (Å²) in [4.78, 5) is 25.8. The average Bonchev–Trinajstić information content (AvgIpc) is 2.60. The number of carbonyl (C=O) groups is 2. The molecule has 1 amide bonds. The maximum atomic E-state index is 13.0. The summed E-state index contributed by atoms with van der Waals surface area (Å²) in [5.41, 5.74) is 1.85. The number of amides is 1. The molecule has 27 heavy (non-hydrogen) atoms. The van der Waals surface area contributed by atoms with E-state index in [1.54, 1.807) is 12.1 Å². The second kappa shape index (κ2) is 10.1. The number of benzene rings is 2. The van der Waals surface area contributed by atoms with Gasteiger partial charge in [0.25, 0.3) is 0 Å². The third kappa shape index (κ3) is 6.70. The van der Waals surface area contributed by atoms with Crippen molar-refractivity contribution in [3.05, 3.63) is 70.7 Å². The van der Waals surface area contributed by atoms with Crippen molar-refractivity contribution < 1.29 is 14.7 Å². The Morgan fingerprint density at radius 1 is 1.11 bits per heavy atom. The van der Waals surface area contributed by atoms with Gasteiger partial charge in [-0.05, 0) is 50.2 Å². The van der Waals surface area contributed by atoms with Crippen LogP contribution in [-0.2, 0) is 16.0 Å². The second-order valence-electron chi connectivity index (χ2n) is 6.75. The minimum absolute atomic E-state index is 0.00156. The number of halogens is 1. The lowest BCUT2D eigenvalue weighted by atomic mass is 10.00. The predicted octanol–water partition coefficient (Wildman–Crippen LogP) is 3.54. The zero-order valence-electron chi connectivity index (χ0n) is 15.6. The van der Waals surface area contributed by atoms with Gasteiger partial charge in [-0.3, -0.25) is 14.5 Å². The van der Waals surface area contributed by atoms with E-state index in [2.05, 4.69) is 5.32 Å². The van der Waals surface area contributed by atoms with Gasteiger partial charge in [-0.1, -0.05) is 54.1 Å². The molecule has 2 aromatic carbocycles. The molecule has 0 aliphatic rings. The Morgan fingerprint density at radius 3 is 2.41 bits per heavy atom. The normalized spacial score (nSPS) is 13.2. The van der Waals surface area contributed by atoms with Crippen molar-refractivity contribution in [2.24, 2.45) is 0 Å². The van der Waals surface area contributed by atoms with Crippen LogP contribution in [0.2, 0.25) is 5.02 Å². The first-order valence-corrected chi connectivity index (χ1v) is 9.22. The van der Waals surface area contributed by atoms with Crippen molar-refractivity contribution in [1.29, 1.82) is 0 Å². The van der Waals surface area contributed by atoms with Gasteiger partial charge < -0.3 is 10.4 Å². The molecule has 144 valence electrons. The molecule has 2 N–H and O–H groups in total. The Hall–Kier alpha value is -2.37. The van der Waals surface area contributed by atoms with Gasteiger partial charge >= 0.3 is 5.97 Å². The zero-order valence-corrected chi connectivity index (χ0v) is 16.3. The molecule has 0 bridgehead atoms. The summed E-state index contributed by atoms with van der Waals surface area (Å²) in [7, 11) is 3.66. The Balaban J connectivity index is 2.17. The van der Waals surface area contributed by atoms with E-state index in [1.165, 1.54) is 0 Å².